The maximum atomic E-state index is 12.9. The van der Waals surface area contributed by atoms with Crippen LogP contribution in [0.25, 0.3) is 21.5 Å². The Morgan fingerprint density at radius 2 is 1.06 bits per heavy atom. The number of benzene rings is 4. The van der Waals surface area contributed by atoms with Gasteiger partial charge in [0.05, 0.1) is 0 Å². The van der Waals surface area contributed by atoms with Gasteiger partial charge in [0.2, 0.25) is 0 Å². The summed E-state index contributed by atoms with van der Waals surface area (Å²) in [6.07, 6.45) is 4.38. The molecule has 4 nitrogen and oxygen atoms in total. The quantitative estimate of drug-likeness (QED) is 0.381. The van der Waals surface area contributed by atoms with Crippen molar-refractivity contribution in [1.82, 2.24) is 10.6 Å². The summed E-state index contributed by atoms with van der Waals surface area (Å²) >= 11 is 0. The molecule has 0 heterocycles. The number of fused-ring (bicyclic) bond motifs is 2. The van der Waals surface area contributed by atoms with Gasteiger partial charge in [-0.3, -0.25) is 9.59 Å². The molecule has 2 N–H and O–H groups in total. The fraction of sp³-hybridized carbons (Fsp3) is 0.267. The molecule has 1 fully saturated rings. The van der Waals surface area contributed by atoms with Crippen molar-refractivity contribution in [2.45, 2.75) is 25.7 Å². The molecule has 0 radical (unpaired) electrons. The average molecular weight is 451 g/mol. The highest BCUT2D eigenvalue weighted by molar-refractivity contribution is 6.07. The minimum atomic E-state index is -0.0109. The zero-order valence-electron chi connectivity index (χ0n) is 19.3. The van der Waals surface area contributed by atoms with Crippen LogP contribution < -0.4 is 10.6 Å². The molecule has 34 heavy (non-hydrogen) atoms. The van der Waals surface area contributed by atoms with E-state index < -0.39 is 0 Å². The molecular formula is C30H30N2O2. The Balaban J connectivity index is 1.16. The molecule has 0 saturated heterocycles. The Bertz CT molecular complexity index is 1220. The number of carbonyl (C=O) groups is 2. The summed E-state index contributed by atoms with van der Waals surface area (Å²) < 4.78 is 0. The second kappa shape index (κ2) is 10.1. The smallest absolute Gasteiger partial charge is 0.251 e. The molecule has 1 saturated carbocycles. The lowest BCUT2D eigenvalue weighted by Gasteiger charge is -2.29. The molecule has 0 bridgehead atoms. The number of hydrogen-bond donors (Lipinski definition) is 2. The van der Waals surface area contributed by atoms with Gasteiger partial charge in [0, 0.05) is 24.2 Å². The van der Waals surface area contributed by atoms with E-state index in [2.05, 4.69) is 10.6 Å². The molecule has 2 unspecified atom stereocenters. The van der Waals surface area contributed by atoms with Gasteiger partial charge >= 0.3 is 0 Å². The summed E-state index contributed by atoms with van der Waals surface area (Å²) in [5.41, 5.74) is 1.46. The van der Waals surface area contributed by atoms with Gasteiger partial charge in [-0.25, -0.2) is 0 Å². The van der Waals surface area contributed by atoms with E-state index in [1.165, 1.54) is 0 Å². The zero-order valence-corrected chi connectivity index (χ0v) is 19.3. The second-order valence-corrected chi connectivity index (χ2v) is 9.37. The molecule has 1 aliphatic carbocycles. The average Bonchev–Trinajstić information content (AvgIpc) is 2.90. The molecule has 4 aromatic carbocycles. The number of nitrogens with one attached hydrogen (secondary N) is 2. The van der Waals surface area contributed by atoms with Crippen molar-refractivity contribution < 1.29 is 9.59 Å². The maximum Gasteiger partial charge on any atom is 0.251 e. The standard InChI is InChI=1S/C30H30N2O2/c33-29(27-16-6-12-23-10-1-3-14-25(23)27)31-19-21-8-5-9-22(18-21)20-32-30(34)28-17-7-13-24-11-2-4-15-26(24)28/h1-4,6-7,10-17,21-22H,5,8-9,18-20H2,(H,31,33)(H,32,34). The Hall–Kier alpha value is -3.66. The zero-order chi connectivity index (χ0) is 23.3. The number of amides is 2. The van der Waals surface area contributed by atoms with E-state index in [-0.39, 0.29) is 11.8 Å². The monoisotopic (exact) mass is 450 g/mol. The first kappa shape index (κ1) is 22.1. The van der Waals surface area contributed by atoms with Crippen LogP contribution in [0.15, 0.2) is 84.9 Å². The van der Waals surface area contributed by atoms with Gasteiger partial charge in [0.15, 0.2) is 0 Å². The van der Waals surface area contributed by atoms with Crippen LogP contribution in [0.4, 0.5) is 0 Å². The highest BCUT2D eigenvalue weighted by Crippen LogP contribution is 2.29. The highest BCUT2D eigenvalue weighted by atomic mass is 16.2. The molecule has 4 aromatic rings. The minimum absolute atomic E-state index is 0.0109. The van der Waals surface area contributed by atoms with Crippen LogP contribution in [0.1, 0.15) is 46.4 Å². The SMILES string of the molecule is O=C(NCC1CCCC(CNC(=O)c2cccc3ccccc23)C1)c1cccc2ccccc12. The summed E-state index contributed by atoms with van der Waals surface area (Å²) in [5, 5.41) is 10.5. The third-order valence-corrected chi connectivity index (χ3v) is 7.06. The molecule has 5 rings (SSSR count). The van der Waals surface area contributed by atoms with E-state index in [0.29, 0.717) is 24.9 Å². The predicted molar refractivity (Wildman–Crippen MR) is 138 cm³/mol. The summed E-state index contributed by atoms with van der Waals surface area (Å²) in [6.45, 7) is 1.35. The van der Waals surface area contributed by atoms with Gasteiger partial charge in [-0.2, -0.15) is 0 Å². The molecule has 2 amide bonds. The van der Waals surface area contributed by atoms with Crippen molar-refractivity contribution in [2.24, 2.45) is 11.8 Å². The van der Waals surface area contributed by atoms with Crippen molar-refractivity contribution in [3.8, 4) is 0 Å². The predicted octanol–water partition coefficient (Wildman–Crippen LogP) is 5.96. The van der Waals surface area contributed by atoms with Crippen LogP contribution >= 0.6 is 0 Å². The fourth-order valence-corrected chi connectivity index (χ4v) is 5.28. The van der Waals surface area contributed by atoms with Crippen LogP contribution in [0.5, 0.6) is 0 Å². The van der Waals surface area contributed by atoms with Crippen LogP contribution in [-0.2, 0) is 0 Å². The van der Waals surface area contributed by atoms with E-state index in [9.17, 15) is 9.59 Å². The van der Waals surface area contributed by atoms with Gasteiger partial charge in [-0.1, -0.05) is 79.2 Å². The van der Waals surface area contributed by atoms with Gasteiger partial charge < -0.3 is 10.6 Å². The van der Waals surface area contributed by atoms with Gasteiger partial charge in [0.25, 0.3) is 11.8 Å². The minimum Gasteiger partial charge on any atom is -0.352 e. The first-order chi connectivity index (χ1) is 16.7. The van der Waals surface area contributed by atoms with Crippen molar-refractivity contribution >= 4 is 33.4 Å². The first-order valence-corrected chi connectivity index (χ1v) is 12.2. The van der Waals surface area contributed by atoms with Crippen LogP contribution in [0, 0.1) is 11.8 Å². The van der Waals surface area contributed by atoms with E-state index in [1.807, 2.05) is 84.9 Å². The molecule has 0 aliphatic heterocycles. The molecule has 0 spiro atoms. The Morgan fingerprint density at radius 1 is 0.618 bits per heavy atom. The maximum absolute atomic E-state index is 12.9. The van der Waals surface area contributed by atoms with Crippen molar-refractivity contribution in [1.29, 1.82) is 0 Å². The molecule has 0 aromatic heterocycles. The summed E-state index contributed by atoms with van der Waals surface area (Å²) in [4.78, 5) is 25.8. The summed E-state index contributed by atoms with van der Waals surface area (Å²) in [7, 11) is 0. The summed E-state index contributed by atoms with van der Waals surface area (Å²) in [6, 6.07) is 27.7. The first-order valence-electron chi connectivity index (χ1n) is 12.2. The van der Waals surface area contributed by atoms with Gasteiger partial charge in [0.1, 0.15) is 0 Å². The third kappa shape index (κ3) is 4.81. The normalized spacial score (nSPS) is 18.0. The largest absolute Gasteiger partial charge is 0.352 e. The molecule has 4 heteroatoms. The lowest BCUT2D eigenvalue weighted by Crippen LogP contribution is -2.35. The van der Waals surface area contributed by atoms with Crippen molar-refractivity contribution in [3.05, 3.63) is 96.1 Å². The number of hydrogen-bond acceptors (Lipinski definition) is 2. The highest BCUT2D eigenvalue weighted by Gasteiger charge is 2.23. The lowest BCUT2D eigenvalue weighted by molar-refractivity contribution is 0.0937. The molecule has 2 atom stereocenters. The molecular weight excluding hydrogens is 420 g/mol. The third-order valence-electron chi connectivity index (χ3n) is 7.06. The topological polar surface area (TPSA) is 58.2 Å². The van der Waals surface area contributed by atoms with Crippen molar-refractivity contribution in [2.75, 3.05) is 13.1 Å². The van der Waals surface area contributed by atoms with Crippen LogP contribution in [0.3, 0.4) is 0 Å². The summed E-state index contributed by atoms with van der Waals surface area (Å²) in [5.74, 6) is 0.852. The lowest BCUT2D eigenvalue weighted by atomic mass is 9.81. The van der Waals surface area contributed by atoms with E-state index in [4.69, 9.17) is 0 Å². The molecule has 172 valence electrons. The van der Waals surface area contributed by atoms with Gasteiger partial charge in [-0.15, -0.1) is 0 Å². The van der Waals surface area contributed by atoms with E-state index in [0.717, 1.165) is 58.4 Å². The van der Waals surface area contributed by atoms with Crippen LogP contribution in [-0.4, -0.2) is 24.9 Å². The van der Waals surface area contributed by atoms with E-state index in [1.54, 1.807) is 0 Å². The Kier molecular flexibility index (Phi) is 6.57. The molecule has 1 aliphatic rings. The second-order valence-electron chi connectivity index (χ2n) is 9.37. The number of rotatable bonds is 6. The van der Waals surface area contributed by atoms with Crippen molar-refractivity contribution in [3.63, 3.8) is 0 Å². The fourth-order valence-electron chi connectivity index (χ4n) is 5.28. The van der Waals surface area contributed by atoms with E-state index >= 15 is 0 Å². The number of carbonyl (C=O) groups excluding carboxylic acids is 2. The Morgan fingerprint density at radius 3 is 1.56 bits per heavy atom. The van der Waals surface area contributed by atoms with Gasteiger partial charge in [-0.05, 0) is 64.8 Å². The Labute approximate surface area is 200 Å². The van der Waals surface area contributed by atoms with Crippen LogP contribution in [0.2, 0.25) is 0 Å².